The second-order valence-corrected chi connectivity index (χ2v) is 5.52. The van der Waals surface area contributed by atoms with Crippen LogP contribution in [-0.2, 0) is 0 Å². The van der Waals surface area contributed by atoms with Gasteiger partial charge in [-0.1, -0.05) is 30.3 Å². The van der Waals surface area contributed by atoms with Crippen molar-refractivity contribution in [3.63, 3.8) is 0 Å². The Labute approximate surface area is 145 Å². The number of hydrogen-bond donors (Lipinski definition) is 1. The molecule has 0 bridgehead atoms. The van der Waals surface area contributed by atoms with Gasteiger partial charge in [0, 0.05) is 29.1 Å². The van der Waals surface area contributed by atoms with Gasteiger partial charge in [-0.05, 0) is 30.3 Å². The van der Waals surface area contributed by atoms with Crippen LogP contribution in [0.5, 0.6) is 5.75 Å². The van der Waals surface area contributed by atoms with Crippen molar-refractivity contribution in [3.8, 4) is 5.75 Å². The fourth-order valence-corrected chi connectivity index (χ4v) is 2.69. The second kappa shape index (κ2) is 6.57. The fourth-order valence-electron chi connectivity index (χ4n) is 2.69. The molecule has 1 aromatic heterocycles. The fraction of sp³-hybridized carbons (Fsp3) is 0.0500. The number of nitrogens with zero attached hydrogens (tertiary/aromatic N) is 3. The third-order valence-corrected chi connectivity index (χ3v) is 3.95. The molecule has 1 aliphatic heterocycles. The van der Waals surface area contributed by atoms with Gasteiger partial charge >= 0.3 is 0 Å². The third kappa shape index (κ3) is 2.99. The van der Waals surface area contributed by atoms with Crippen LogP contribution in [0.4, 0.5) is 5.69 Å². The monoisotopic (exact) mass is 328 g/mol. The van der Waals surface area contributed by atoms with Gasteiger partial charge in [0.1, 0.15) is 11.5 Å². The average molecular weight is 328 g/mol. The number of amidine groups is 1. The molecule has 1 N–H and O–H groups in total. The lowest BCUT2D eigenvalue weighted by Crippen LogP contribution is -2.19. The topological polar surface area (TPSA) is 58.9 Å². The molecule has 0 atom stereocenters. The zero-order chi connectivity index (χ0) is 17.1. The van der Waals surface area contributed by atoms with E-state index in [1.165, 1.54) is 0 Å². The van der Waals surface area contributed by atoms with E-state index in [9.17, 15) is 0 Å². The molecule has 0 amide bonds. The number of pyridine rings is 1. The Morgan fingerprint density at radius 1 is 0.920 bits per heavy atom. The van der Waals surface area contributed by atoms with Gasteiger partial charge in [-0.15, -0.1) is 0 Å². The summed E-state index contributed by atoms with van der Waals surface area (Å²) in [5.41, 5.74) is 7.53. The maximum atomic E-state index is 5.38. The zero-order valence-corrected chi connectivity index (χ0v) is 13.7. The van der Waals surface area contributed by atoms with Gasteiger partial charge in [-0.2, -0.15) is 5.10 Å². The average Bonchev–Trinajstić information content (AvgIpc) is 2.88. The van der Waals surface area contributed by atoms with E-state index < -0.39 is 0 Å². The first kappa shape index (κ1) is 15.1. The smallest absolute Gasteiger partial charge is 0.155 e. The number of rotatable bonds is 3. The Morgan fingerprint density at radius 2 is 1.76 bits per heavy atom. The van der Waals surface area contributed by atoms with E-state index in [0.717, 1.165) is 33.8 Å². The number of aromatic nitrogens is 1. The van der Waals surface area contributed by atoms with Crippen LogP contribution in [0.1, 0.15) is 16.7 Å². The van der Waals surface area contributed by atoms with E-state index in [-0.39, 0.29) is 0 Å². The van der Waals surface area contributed by atoms with Gasteiger partial charge in [0.2, 0.25) is 0 Å². The molecule has 0 aliphatic carbocycles. The Balaban J connectivity index is 1.89. The molecule has 0 fully saturated rings. The van der Waals surface area contributed by atoms with Crippen molar-refractivity contribution in [3.05, 3.63) is 89.7 Å². The Hall–Kier alpha value is -3.47. The van der Waals surface area contributed by atoms with Crippen molar-refractivity contribution in [1.82, 2.24) is 10.4 Å². The molecule has 5 nitrogen and oxygen atoms in total. The molecule has 2 aromatic carbocycles. The van der Waals surface area contributed by atoms with Crippen molar-refractivity contribution in [1.29, 1.82) is 0 Å². The molecule has 0 radical (unpaired) electrons. The van der Waals surface area contributed by atoms with Crippen molar-refractivity contribution in [2.45, 2.75) is 0 Å². The standard InChI is InChI=1S/C20H16N4O/c1-25-16-9-10-18-17(12-16)19(14-6-3-2-4-7-14)23-24-20(22-18)15-8-5-11-21-13-15/h2-13H,1H3,(H,22,24). The number of aliphatic imine (C=N–C) groups is 1. The lowest BCUT2D eigenvalue weighted by atomic mass is 10.0. The molecular formula is C20H16N4O. The summed E-state index contributed by atoms with van der Waals surface area (Å²) < 4.78 is 5.38. The molecule has 0 spiro atoms. The maximum absolute atomic E-state index is 5.38. The first-order valence-corrected chi connectivity index (χ1v) is 7.92. The van der Waals surface area contributed by atoms with Crippen LogP contribution >= 0.6 is 0 Å². The second-order valence-electron chi connectivity index (χ2n) is 5.52. The highest BCUT2D eigenvalue weighted by atomic mass is 16.5. The van der Waals surface area contributed by atoms with E-state index in [2.05, 4.69) is 15.5 Å². The van der Waals surface area contributed by atoms with Gasteiger partial charge in [0.25, 0.3) is 0 Å². The van der Waals surface area contributed by atoms with Gasteiger partial charge < -0.3 is 4.74 Å². The SMILES string of the molecule is COc1ccc2c(c1)C(c1ccccc1)=NNC(c1cccnc1)=N2. The highest BCUT2D eigenvalue weighted by Crippen LogP contribution is 2.29. The van der Waals surface area contributed by atoms with Crippen LogP contribution in [0.25, 0.3) is 0 Å². The van der Waals surface area contributed by atoms with E-state index in [1.54, 1.807) is 19.5 Å². The number of fused-ring (bicyclic) bond motifs is 1. The van der Waals surface area contributed by atoms with Crippen LogP contribution in [-0.4, -0.2) is 23.6 Å². The highest BCUT2D eigenvalue weighted by Gasteiger charge is 2.18. The maximum Gasteiger partial charge on any atom is 0.155 e. The van der Waals surface area contributed by atoms with Crippen LogP contribution in [0.3, 0.4) is 0 Å². The van der Waals surface area contributed by atoms with Gasteiger partial charge in [-0.25, -0.2) is 4.99 Å². The van der Waals surface area contributed by atoms with Gasteiger partial charge in [0.05, 0.1) is 12.8 Å². The highest BCUT2D eigenvalue weighted by molar-refractivity contribution is 6.18. The third-order valence-electron chi connectivity index (χ3n) is 3.95. The van der Waals surface area contributed by atoms with Crippen molar-refractivity contribution in [2.24, 2.45) is 10.1 Å². The summed E-state index contributed by atoms with van der Waals surface area (Å²) in [5.74, 6) is 1.42. The summed E-state index contributed by atoms with van der Waals surface area (Å²) in [4.78, 5) is 8.92. The number of hydrazone groups is 1. The molecule has 4 rings (SSSR count). The molecule has 122 valence electrons. The van der Waals surface area contributed by atoms with Crippen molar-refractivity contribution < 1.29 is 4.74 Å². The molecule has 2 heterocycles. The summed E-state index contributed by atoms with van der Waals surface area (Å²) in [5, 5.41) is 4.62. The summed E-state index contributed by atoms with van der Waals surface area (Å²) in [6, 6.07) is 19.6. The predicted molar refractivity (Wildman–Crippen MR) is 98.6 cm³/mol. The van der Waals surface area contributed by atoms with Crippen molar-refractivity contribution in [2.75, 3.05) is 7.11 Å². The first-order chi connectivity index (χ1) is 12.3. The Kier molecular flexibility index (Phi) is 3.96. The van der Waals surface area contributed by atoms with E-state index in [4.69, 9.17) is 9.73 Å². The normalized spacial score (nSPS) is 13.0. The zero-order valence-electron chi connectivity index (χ0n) is 13.7. The molecule has 5 heteroatoms. The number of nitrogens with one attached hydrogen (secondary N) is 1. The van der Waals surface area contributed by atoms with Crippen LogP contribution in [0.2, 0.25) is 0 Å². The summed E-state index contributed by atoms with van der Waals surface area (Å²) in [7, 11) is 1.65. The molecule has 25 heavy (non-hydrogen) atoms. The largest absolute Gasteiger partial charge is 0.497 e. The molecule has 1 aliphatic rings. The quantitative estimate of drug-likeness (QED) is 0.800. The molecular weight excluding hydrogens is 312 g/mol. The Bertz CT molecular complexity index is 950. The minimum Gasteiger partial charge on any atom is -0.497 e. The van der Waals surface area contributed by atoms with Gasteiger partial charge in [0.15, 0.2) is 5.84 Å². The summed E-state index contributed by atoms with van der Waals surface area (Å²) >= 11 is 0. The summed E-state index contributed by atoms with van der Waals surface area (Å²) in [6.07, 6.45) is 3.50. The summed E-state index contributed by atoms with van der Waals surface area (Å²) in [6.45, 7) is 0. The van der Waals surface area contributed by atoms with Crippen molar-refractivity contribution >= 4 is 17.2 Å². The van der Waals surface area contributed by atoms with E-state index in [1.807, 2.05) is 60.7 Å². The van der Waals surface area contributed by atoms with E-state index >= 15 is 0 Å². The molecule has 0 saturated carbocycles. The Morgan fingerprint density at radius 3 is 2.52 bits per heavy atom. The number of ether oxygens (including phenoxy) is 1. The van der Waals surface area contributed by atoms with Crippen LogP contribution < -0.4 is 10.2 Å². The number of hydrogen-bond acceptors (Lipinski definition) is 5. The lowest BCUT2D eigenvalue weighted by molar-refractivity contribution is 0.415. The molecule has 0 unspecified atom stereocenters. The van der Waals surface area contributed by atoms with Crippen LogP contribution in [0, 0.1) is 0 Å². The minimum absolute atomic E-state index is 0.658. The number of benzene rings is 2. The first-order valence-electron chi connectivity index (χ1n) is 7.92. The van der Waals surface area contributed by atoms with Crippen LogP contribution in [0.15, 0.2) is 83.2 Å². The predicted octanol–water partition coefficient (Wildman–Crippen LogP) is 3.52. The molecule has 3 aromatic rings. The van der Waals surface area contributed by atoms with E-state index in [0.29, 0.717) is 5.84 Å². The molecule has 0 saturated heterocycles. The minimum atomic E-state index is 0.658. The lowest BCUT2D eigenvalue weighted by Gasteiger charge is -2.09. The van der Waals surface area contributed by atoms with Gasteiger partial charge in [-0.3, -0.25) is 10.4 Å². The number of methoxy groups -OCH3 is 1.